The largest absolute Gasteiger partial charge is 0.465 e. The number of rotatable bonds is 5. The van der Waals surface area contributed by atoms with Crippen molar-refractivity contribution in [2.75, 3.05) is 32.8 Å². The van der Waals surface area contributed by atoms with E-state index in [4.69, 9.17) is 4.74 Å². The summed E-state index contributed by atoms with van der Waals surface area (Å²) in [5.74, 6) is -0.0476. The van der Waals surface area contributed by atoms with Crippen LogP contribution in [0.3, 0.4) is 0 Å². The minimum atomic E-state index is -0.0490. The van der Waals surface area contributed by atoms with Gasteiger partial charge in [-0.05, 0) is 34.1 Å². The summed E-state index contributed by atoms with van der Waals surface area (Å²) in [7, 11) is 0. The summed E-state index contributed by atoms with van der Waals surface area (Å²) in [4.78, 5) is 16.8. The number of carbonyl (C=O) groups is 1. The lowest BCUT2D eigenvalue weighted by Crippen LogP contribution is -2.57. The Bertz CT molecular complexity index is 278. The second kappa shape index (κ2) is 7.25. The smallest absolute Gasteiger partial charge is 0.323 e. The Hall–Kier alpha value is -0.610. The van der Waals surface area contributed by atoms with E-state index in [0.717, 1.165) is 39.0 Å². The van der Waals surface area contributed by atoms with Crippen LogP contribution in [-0.4, -0.2) is 60.1 Å². The van der Waals surface area contributed by atoms with Gasteiger partial charge in [0, 0.05) is 31.7 Å². The second-order valence-electron chi connectivity index (χ2n) is 6.25. The molecule has 0 aromatic heterocycles. The molecule has 112 valence electrons. The fraction of sp³-hybridized carbons (Fsp3) is 0.933. The number of ether oxygens (including phenoxy) is 1. The molecule has 0 aromatic carbocycles. The summed E-state index contributed by atoms with van der Waals surface area (Å²) in [6.45, 7) is 15.2. The predicted octanol–water partition coefficient (Wildman–Crippen LogP) is 2.13. The van der Waals surface area contributed by atoms with Gasteiger partial charge in [-0.15, -0.1) is 0 Å². The van der Waals surface area contributed by atoms with Crippen molar-refractivity contribution >= 4 is 5.97 Å². The van der Waals surface area contributed by atoms with E-state index in [2.05, 4.69) is 37.5 Å². The van der Waals surface area contributed by atoms with Crippen LogP contribution < -0.4 is 0 Å². The molecule has 0 aliphatic carbocycles. The summed E-state index contributed by atoms with van der Waals surface area (Å²) >= 11 is 0. The normalized spacial score (nSPS) is 20.3. The van der Waals surface area contributed by atoms with Gasteiger partial charge in [-0.3, -0.25) is 14.6 Å². The number of esters is 1. The van der Waals surface area contributed by atoms with Crippen LogP contribution >= 0.6 is 0 Å². The molecule has 0 spiro atoms. The Morgan fingerprint density at radius 3 is 2.16 bits per heavy atom. The van der Waals surface area contributed by atoms with E-state index in [1.54, 1.807) is 0 Å². The van der Waals surface area contributed by atoms with Crippen LogP contribution in [0.1, 0.15) is 47.5 Å². The SMILES string of the molecule is CCCC(C(=O)OCC)N1CCN(C(C)(C)C)CC1. The van der Waals surface area contributed by atoms with Crippen LogP contribution in [0.5, 0.6) is 0 Å². The number of hydrogen-bond acceptors (Lipinski definition) is 4. The summed E-state index contributed by atoms with van der Waals surface area (Å²) < 4.78 is 5.21. The maximum atomic E-state index is 12.0. The summed E-state index contributed by atoms with van der Waals surface area (Å²) in [5.41, 5.74) is 0.219. The molecule has 4 heteroatoms. The molecule has 0 bridgehead atoms. The monoisotopic (exact) mass is 270 g/mol. The van der Waals surface area contributed by atoms with Crippen molar-refractivity contribution in [3.8, 4) is 0 Å². The second-order valence-corrected chi connectivity index (χ2v) is 6.25. The third kappa shape index (κ3) is 4.77. The van der Waals surface area contributed by atoms with Crippen LogP contribution in [0, 0.1) is 0 Å². The van der Waals surface area contributed by atoms with Crippen molar-refractivity contribution < 1.29 is 9.53 Å². The topological polar surface area (TPSA) is 32.8 Å². The van der Waals surface area contributed by atoms with Gasteiger partial charge in [-0.25, -0.2) is 0 Å². The molecule has 0 aromatic rings. The number of carbonyl (C=O) groups excluding carboxylic acids is 1. The molecule has 4 nitrogen and oxygen atoms in total. The minimum absolute atomic E-state index is 0.0476. The molecule has 1 saturated heterocycles. The maximum absolute atomic E-state index is 12.0. The van der Waals surface area contributed by atoms with Crippen molar-refractivity contribution in [3.05, 3.63) is 0 Å². The molecule has 1 rings (SSSR count). The highest BCUT2D eigenvalue weighted by molar-refractivity contribution is 5.75. The van der Waals surface area contributed by atoms with E-state index in [1.807, 2.05) is 6.92 Å². The van der Waals surface area contributed by atoms with Crippen LogP contribution in [-0.2, 0) is 9.53 Å². The molecule has 0 saturated carbocycles. The Kier molecular flexibility index (Phi) is 6.27. The molecule has 1 aliphatic rings. The van der Waals surface area contributed by atoms with Gasteiger partial charge in [-0.2, -0.15) is 0 Å². The molecule has 1 unspecified atom stereocenters. The molecule has 1 heterocycles. The average molecular weight is 270 g/mol. The van der Waals surface area contributed by atoms with Crippen molar-refractivity contribution in [2.24, 2.45) is 0 Å². The molecular formula is C15H30N2O2. The first-order valence-electron chi connectivity index (χ1n) is 7.55. The van der Waals surface area contributed by atoms with Gasteiger partial charge in [0.2, 0.25) is 0 Å². The fourth-order valence-corrected chi connectivity index (χ4v) is 2.67. The highest BCUT2D eigenvalue weighted by Crippen LogP contribution is 2.19. The van der Waals surface area contributed by atoms with E-state index in [1.165, 1.54) is 0 Å². The Morgan fingerprint density at radius 2 is 1.74 bits per heavy atom. The van der Waals surface area contributed by atoms with E-state index < -0.39 is 0 Å². The van der Waals surface area contributed by atoms with Crippen LogP contribution in [0.4, 0.5) is 0 Å². The first kappa shape index (κ1) is 16.4. The number of piperazine rings is 1. The quantitative estimate of drug-likeness (QED) is 0.717. The zero-order valence-electron chi connectivity index (χ0n) is 13.2. The van der Waals surface area contributed by atoms with E-state index in [0.29, 0.717) is 6.61 Å². The zero-order chi connectivity index (χ0) is 14.5. The lowest BCUT2D eigenvalue weighted by Gasteiger charge is -2.44. The first-order chi connectivity index (χ1) is 8.90. The highest BCUT2D eigenvalue weighted by atomic mass is 16.5. The van der Waals surface area contributed by atoms with E-state index >= 15 is 0 Å². The van der Waals surface area contributed by atoms with Gasteiger partial charge < -0.3 is 4.74 Å². The van der Waals surface area contributed by atoms with Crippen molar-refractivity contribution in [2.45, 2.75) is 59.0 Å². The van der Waals surface area contributed by atoms with Gasteiger partial charge in [0.25, 0.3) is 0 Å². The molecule has 1 atom stereocenters. The highest BCUT2D eigenvalue weighted by Gasteiger charge is 2.32. The molecule has 19 heavy (non-hydrogen) atoms. The molecule has 1 aliphatic heterocycles. The van der Waals surface area contributed by atoms with Gasteiger partial charge in [0.1, 0.15) is 6.04 Å². The van der Waals surface area contributed by atoms with Crippen molar-refractivity contribution in [1.29, 1.82) is 0 Å². The van der Waals surface area contributed by atoms with Crippen LogP contribution in [0.15, 0.2) is 0 Å². The van der Waals surface area contributed by atoms with Crippen molar-refractivity contribution in [3.63, 3.8) is 0 Å². The fourth-order valence-electron chi connectivity index (χ4n) is 2.67. The lowest BCUT2D eigenvalue weighted by atomic mass is 10.0. The third-order valence-corrected chi connectivity index (χ3v) is 3.82. The predicted molar refractivity (Wildman–Crippen MR) is 78.2 cm³/mol. The Labute approximate surface area is 118 Å². The van der Waals surface area contributed by atoms with Crippen molar-refractivity contribution in [1.82, 2.24) is 9.80 Å². The molecular weight excluding hydrogens is 240 g/mol. The average Bonchev–Trinajstić information content (AvgIpc) is 2.35. The van der Waals surface area contributed by atoms with Gasteiger partial charge >= 0.3 is 5.97 Å². The first-order valence-corrected chi connectivity index (χ1v) is 7.55. The molecule has 0 amide bonds. The number of nitrogens with zero attached hydrogens (tertiary/aromatic N) is 2. The minimum Gasteiger partial charge on any atom is -0.465 e. The van der Waals surface area contributed by atoms with Gasteiger partial charge in [-0.1, -0.05) is 13.3 Å². The summed E-state index contributed by atoms with van der Waals surface area (Å²) in [6, 6.07) is -0.0490. The van der Waals surface area contributed by atoms with E-state index in [-0.39, 0.29) is 17.6 Å². The molecule has 0 radical (unpaired) electrons. The van der Waals surface area contributed by atoms with E-state index in [9.17, 15) is 4.79 Å². The maximum Gasteiger partial charge on any atom is 0.323 e. The lowest BCUT2D eigenvalue weighted by molar-refractivity contribution is -0.151. The number of hydrogen-bond donors (Lipinski definition) is 0. The summed E-state index contributed by atoms with van der Waals surface area (Å²) in [5, 5.41) is 0. The Balaban J connectivity index is 2.57. The van der Waals surface area contributed by atoms with Gasteiger partial charge in [0.15, 0.2) is 0 Å². The standard InChI is InChI=1S/C15H30N2O2/c1-6-8-13(14(18)19-7-2)16-9-11-17(12-10-16)15(3,4)5/h13H,6-12H2,1-5H3. The third-order valence-electron chi connectivity index (χ3n) is 3.82. The van der Waals surface area contributed by atoms with Gasteiger partial charge in [0.05, 0.1) is 6.61 Å². The van der Waals surface area contributed by atoms with Crippen LogP contribution in [0.2, 0.25) is 0 Å². The Morgan fingerprint density at radius 1 is 1.16 bits per heavy atom. The molecule has 1 fully saturated rings. The zero-order valence-corrected chi connectivity index (χ0v) is 13.2. The van der Waals surface area contributed by atoms with Crippen LogP contribution in [0.25, 0.3) is 0 Å². The summed E-state index contributed by atoms with van der Waals surface area (Å²) in [6.07, 6.45) is 1.91. The molecule has 0 N–H and O–H groups in total.